The summed E-state index contributed by atoms with van der Waals surface area (Å²) in [5.41, 5.74) is 0. The van der Waals surface area contributed by atoms with Crippen LogP contribution in [-0.2, 0) is 28.6 Å². The lowest BCUT2D eigenvalue weighted by Crippen LogP contribution is -2.27. The lowest BCUT2D eigenvalue weighted by molar-refractivity contribution is -0.146. The first kappa shape index (κ1) is 70.4. The zero-order valence-corrected chi connectivity index (χ0v) is 49.4. The Morgan fingerprint density at radius 1 is 0.278 bits per heavy atom. The summed E-state index contributed by atoms with van der Waals surface area (Å²) in [7, 11) is 0. The van der Waals surface area contributed by atoms with Gasteiger partial charge in [0.15, 0.2) is 0 Å². The van der Waals surface area contributed by atoms with Crippen molar-refractivity contribution < 1.29 is 28.6 Å². The first-order chi connectivity index (χ1) is 35.4. The summed E-state index contributed by atoms with van der Waals surface area (Å²) in [5, 5.41) is 0. The maximum Gasteiger partial charge on any atom is 0.305 e. The van der Waals surface area contributed by atoms with E-state index in [0.29, 0.717) is 50.9 Å². The highest BCUT2D eigenvalue weighted by Gasteiger charge is 2.15. The minimum atomic E-state index is -0.0171. The quantitative estimate of drug-likeness (QED) is 0.0341. The van der Waals surface area contributed by atoms with Gasteiger partial charge in [-0.15, -0.1) is 0 Å². The summed E-state index contributed by atoms with van der Waals surface area (Å²) >= 11 is 0. The lowest BCUT2D eigenvalue weighted by atomic mass is 9.95. The van der Waals surface area contributed by atoms with E-state index in [1.165, 1.54) is 238 Å². The molecular weight excluding hydrogens is 891 g/mol. The minimum absolute atomic E-state index is 0.00609. The molecular formula is C65H127NO6. The van der Waals surface area contributed by atoms with Crippen molar-refractivity contribution in [2.24, 2.45) is 11.8 Å². The molecule has 0 amide bonds. The van der Waals surface area contributed by atoms with Gasteiger partial charge in [0.2, 0.25) is 0 Å². The van der Waals surface area contributed by atoms with Crippen molar-refractivity contribution >= 4 is 17.9 Å². The van der Waals surface area contributed by atoms with Gasteiger partial charge in [0.25, 0.3) is 0 Å². The van der Waals surface area contributed by atoms with Crippen molar-refractivity contribution in [1.82, 2.24) is 4.90 Å². The van der Waals surface area contributed by atoms with E-state index in [0.717, 1.165) is 77.4 Å². The van der Waals surface area contributed by atoms with E-state index in [1.807, 2.05) is 0 Å². The van der Waals surface area contributed by atoms with Gasteiger partial charge in [-0.25, -0.2) is 0 Å². The van der Waals surface area contributed by atoms with Gasteiger partial charge in [0.1, 0.15) is 0 Å². The van der Waals surface area contributed by atoms with E-state index >= 15 is 0 Å². The van der Waals surface area contributed by atoms with Crippen LogP contribution in [0.1, 0.15) is 349 Å². The molecule has 0 saturated heterocycles. The number of nitrogens with zero attached hydrogens (tertiary/aromatic N) is 1. The van der Waals surface area contributed by atoms with Crippen molar-refractivity contribution in [2.45, 2.75) is 349 Å². The molecule has 0 aromatic heterocycles. The third kappa shape index (κ3) is 53.2. The Bertz CT molecular complexity index is 1060. The zero-order chi connectivity index (χ0) is 52.5. The molecule has 0 aliphatic heterocycles. The third-order valence-corrected chi connectivity index (χ3v) is 15.4. The van der Waals surface area contributed by atoms with Gasteiger partial charge in [-0.3, -0.25) is 14.4 Å². The van der Waals surface area contributed by atoms with Crippen LogP contribution in [0.25, 0.3) is 0 Å². The van der Waals surface area contributed by atoms with Crippen molar-refractivity contribution in [3.63, 3.8) is 0 Å². The highest BCUT2D eigenvalue weighted by atomic mass is 16.5. The van der Waals surface area contributed by atoms with E-state index in [2.05, 4.69) is 39.5 Å². The van der Waals surface area contributed by atoms with Crippen LogP contribution in [0.3, 0.4) is 0 Å². The Labute approximate surface area is 450 Å². The molecule has 2 unspecified atom stereocenters. The number of unbranched alkanes of at least 4 members (excludes halogenated alkanes) is 34. The summed E-state index contributed by atoms with van der Waals surface area (Å²) in [6, 6.07) is 0. The maximum absolute atomic E-state index is 12.9. The van der Waals surface area contributed by atoms with Gasteiger partial charge in [-0.2, -0.15) is 0 Å². The number of hydrogen-bond acceptors (Lipinski definition) is 7. The van der Waals surface area contributed by atoms with Gasteiger partial charge in [0, 0.05) is 19.3 Å². The van der Waals surface area contributed by atoms with Gasteiger partial charge >= 0.3 is 17.9 Å². The lowest BCUT2D eigenvalue weighted by Gasteiger charge is -2.22. The first-order valence-corrected chi connectivity index (χ1v) is 32.6. The molecule has 0 bridgehead atoms. The molecule has 0 aliphatic rings. The van der Waals surface area contributed by atoms with E-state index < -0.39 is 0 Å². The van der Waals surface area contributed by atoms with Gasteiger partial charge in [-0.1, -0.05) is 259 Å². The van der Waals surface area contributed by atoms with Crippen molar-refractivity contribution in [3.05, 3.63) is 0 Å². The van der Waals surface area contributed by atoms with Crippen molar-refractivity contribution in [2.75, 3.05) is 39.5 Å². The molecule has 428 valence electrons. The molecule has 72 heavy (non-hydrogen) atoms. The molecule has 0 aromatic rings. The van der Waals surface area contributed by atoms with Crippen LogP contribution in [0.2, 0.25) is 0 Å². The Morgan fingerprint density at radius 2 is 0.514 bits per heavy atom. The maximum atomic E-state index is 12.9. The highest BCUT2D eigenvalue weighted by Crippen LogP contribution is 2.22. The fraction of sp³-hybridized carbons (Fsp3) is 0.954. The van der Waals surface area contributed by atoms with E-state index in [-0.39, 0.29) is 17.9 Å². The molecule has 2 atom stereocenters. The Hall–Kier alpha value is -1.63. The number of carbonyl (C=O) groups excluding carboxylic acids is 3. The molecule has 0 aromatic carbocycles. The van der Waals surface area contributed by atoms with Crippen LogP contribution in [0.4, 0.5) is 0 Å². The molecule has 0 N–H and O–H groups in total. The summed E-state index contributed by atoms with van der Waals surface area (Å²) in [6.07, 6.45) is 58.2. The Kier molecular flexibility index (Phi) is 57.3. The van der Waals surface area contributed by atoms with E-state index in [1.54, 1.807) is 0 Å². The normalized spacial score (nSPS) is 12.4. The van der Waals surface area contributed by atoms with E-state index in [4.69, 9.17) is 14.2 Å². The molecule has 0 aliphatic carbocycles. The summed E-state index contributed by atoms with van der Waals surface area (Å²) < 4.78 is 17.4. The SMILES string of the molecule is CCCCCCCCCCCCOC(=O)CCCCCCCCN(CCCCCC(=O)OCC(CCCCCC)CCCCCCCC)CCCCCC(=O)OCC(CCCCCC)CCCCCCCC. The van der Waals surface area contributed by atoms with Crippen molar-refractivity contribution in [3.8, 4) is 0 Å². The molecule has 7 nitrogen and oxygen atoms in total. The fourth-order valence-corrected chi connectivity index (χ4v) is 10.4. The highest BCUT2D eigenvalue weighted by molar-refractivity contribution is 5.69. The summed E-state index contributed by atoms with van der Waals surface area (Å²) in [4.78, 5) is 40.7. The van der Waals surface area contributed by atoms with Crippen LogP contribution in [-0.4, -0.2) is 62.3 Å². The average molecular weight is 1020 g/mol. The van der Waals surface area contributed by atoms with Gasteiger partial charge in [0.05, 0.1) is 19.8 Å². The topological polar surface area (TPSA) is 82.1 Å². The standard InChI is InChI=1S/C65H127NO6/c1-6-11-16-21-24-25-26-29-34-47-58-70-63(67)52-41-32-27-28-33-44-55-66(56-45-35-42-53-64(68)71-59-61(48-37-19-14-9-4)50-39-30-22-17-12-7-2)57-46-36-43-54-65(69)72-60-62(49-38-20-15-10-5)51-40-31-23-18-13-8-3/h61-62H,6-60H2,1-5H3. The third-order valence-electron chi connectivity index (χ3n) is 15.4. The number of ether oxygens (including phenoxy) is 3. The monoisotopic (exact) mass is 1020 g/mol. The van der Waals surface area contributed by atoms with Gasteiger partial charge < -0.3 is 19.1 Å². The molecule has 0 rings (SSSR count). The smallest absolute Gasteiger partial charge is 0.305 e. The van der Waals surface area contributed by atoms with Crippen LogP contribution in [0.5, 0.6) is 0 Å². The number of hydrogen-bond donors (Lipinski definition) is 0. The van der Waals surface area contributed by atoms with Crippen LogP contribution >= 0.6 is 0 Å². The Morgan fingerprint density at radius 3 is 0.847 bits per heavy atom. The predicted octanol–water partition coefficient (Wildman–Crippen LogP) is 20.4. The van der Waals surface area contributed by atoms with E-state index in [9.17, 15) is 14.4 Å². The summed E-state index contributed by atoms with van der Waals surface area (Å²) in [6.45, 7) is 16.4. The number of rotatable bonds is 60. The summed E-state index contributed by atoms with van der Waals surface area (Å²) in [5.74, 6) is 1.00. The predicted molar refractivity (Wildman–Crippen MR) is 311 cm³/mol. The first-order valence-electron chi connectivity index (χ1n) is 32.6. The zero-order valence-electron chi connectivity index (χ0n) is 49.4. The molecule has 7 heteroatoms. The number of carbonyl (C=O) groups is 3. The second kappa shape index (κ2) is 58.6. The van der Waals surface area contributed by atoms with Crippen LogP contribution < -0.4 is 0 Å². The fourth-order valence-electron chi connectivity index (χ4n) is 10.4. The molecule has 0 saturated carbocycles. The minimum Gasteiger partial charge on any atom is -0.466 e. The largest absolute Gasteiger partial charge is 0.466 e. The number of esters is 3. The molecule has 0 heterocycles. The average Bonchev–Trinajstić information content (AvgIpc) is 3.38. The second-order valence-electron chi connectivity index (χ2n) is 22.6. The van der Waals surface area contributed by atoms with Crippen LogP contribution in [0, 0.1) is 11.8 Å². The van der Waals surface area contributed by atoms with Gasteiger partial charge in [-0.05, 0) is 102 Å². The molecule has 0 radical (unpaired) electrons. The molecule has 0 spiro atoms. The Balaban J connectivity index is 4.76. The second-order valence-corrected chi connectivity index (χ2v) is 22.6. The van der Waals surface area contributed by atoms with Crippen molar-refractivity contribution in [1.29, 1.82) is 0 Å². The van der Waals surface area contributed by atoms with Crippen LogP contribution in [0.15, 0.2) is 0 Å². The molecule has 0 fully saturated rings.